The Morgan fingerprint density at radius 2 is 1.71 bits per heavy atom. The Balaban J connectivity index is 1.23. The zero-order chi connectivity index (χ0) is 21.2. The van der Waals surface area contributed by atoms with E-state index in [0.29, 0.717) is 24.0 Å². The van der Waals surface area contributed by atoms with Gasteiger partial charge in [0.2, 0.25) is 5.91 Å². The van der Waals surface area contributed by atoms with Crippen molar-refractivity contribution in [2.24, 2.45) is 0 Å². The molecule has 7 nitrogen and oxygen atoms in total. The number of fused-ring (bicyclic) bond motifs is 2. The van der Waals surface area contributed by atoms with Gasteiger partial charge in [0.25, 0.3) is 5.56 Å². The highest BCUT2D eigenvalue weighted by atomic mass is 16.2. The van der Waals surface area contributed by atoms with E-state index in [0.717, 1.165) is 30.5 Å². The van der Waals surface area contributed by atoms with Crippen LogP contribution < -0.4 is 5.56 Å². The van der Waals surface area contributed by atoms with Gasteiger partial charge in [-0.3, -0.25) is 24.0 Å². The van der Waals surface area contributed by atoms with E-state index in [4.69, 9.17) is 0 Å². The molecule has 31 heavy (non-hydrogen) atoms. The lowest BCUT2D eigenvalue weighted by atomic mass is 10.1. The van der Waals surface area contributed by atoms with Crippen LogP contribution in [0.3, 0.4) is 0 Å². The summed E-state index contributed by atoms with van der Waals surface area (Å²) in [6.07, 6.45) is 3.29. The molecule has 0 saturated carbocycles. The summed E-state index contributed by atoms with van der Waals surface area (Å²) in [4.78, 5) is 38.5. The number of hydrogen-bond acceptors (Lipinski definition) is 5. The first-order valence-corrected chi connectivity index (χ1v) is 10.5. The Labute approximate surface area is 179 Å². The monoisotopic (exact) mass is 413 g/mol. The summed E-state index contributed by atoms with van der Waals surface area (Å²) in [6.45, 7) is 3.70. The van der Waals surface area contributed by atoms with E-state index in [1.54, 1.807) is 12.1 Å². The van der Waals surface area contributed by atoms with Crippen molar-refractivity contribution in [3.63, 3.8) is 0 Å². The molecule has 1 amide bonds. The van der Waals surface area contributed by atoms with Crippen molar-refractivity contribution >= 4 is 27.7 Å². The zero-order valence-corrected chi connectivity index (χ0v) is 17.1. The zero-order valence-electron chi connectivity index (χ0n) is 17.1. The fourth-order valence-corrected chi connectivity index (χ4v) is 4.16. The lowest BCUT2D eigenvalue weighted by Gasteiger charge is -2.35. The standard InChI is InChI=1S/C24H23N5O2/c30-22(16-29-17-26-21-9-2-1-8-20(21)24(29)31)28-13-11-27(12-14-28)15-19-6-3-5-18-7-4-10-25-23(18)19/h1-10,17H,11-16H2. The predicted molar refractivity (Wildman–Crippen MR) is 120 cm³/mol. The van der Waals surface area contributed by atoms with E-state index in [1.807, 2.05) is 29.3 Å². The maximum atomic E-state index is 12.8. The second-order valence-corrected chi connectivity index (χ2v) is 7.84. The predicted octanol–water partition coefficient (Wildman–Crippen LogP) is 2.29. The average Bonchev–Trinajstić information content (AvgIpc) is 2.82. The summed E-state index contributed by atoms with van der Waals surface area (Å²) in [5.74, 6) is -0.0503. The second-order valence-electron chi connectivity index (χ2n) is 7.84. The number of aromatic nitrogens is 3. The lowest BCUT2D eigenvalue weighted by molar-refractivity contribution is -0.133. The molecule has 0 N–H and O–H groups in total. The molecule has 3 heterocycles. The maximum Gasteiger partial charge on any atom is 0.261 e. The molecular weight excluding hydrogens is 390 g/mol. The van der Waals surface area contributed by atoms with Crippen molar-refractivity contribution in [2.75, 3.05) is 26.2 Å². The Kier molecular flexibility index (Phi) is 5.18. The summed E-state index contributed by atoms with van der Waals surface area (Å²) in [5, 5.41) is 1.68. The third-order valence-corrected chi connectivity index (χ3v) is 5.87. The van der Waals surface area contributed by atoms with E-state index >= 15 is 0 Å². The Morgan fingerprint density at radius 1 is 0.903 bits per heavy atom. The third kappa shape index (κ3) is 3.92. The van der Waals surface area contributed by atoms with Crippen LogP contribution in [0.5, 0.6) is 0 Å². The molecule has 0 aliphatic carbocycles. The van der Waals surface area contributed by atoms with Crippen molar-refractivity contribution in [1.29, 1.82) is 0 Å². The van der Waals surface area contributed by atoms with Crippen LogP contribution >= 0.6 is 0 Å². The van der Waals surface area contributed by atoms with Crippen LogP contribution in [0.1, 0.15) is 5.56 Å². The Hall–Kier alpha value is -3.58. The van der Waals surface area contributed by atoms with Gasteiger partial charge in [0.05, 0.1) is 22.7 Å². The highest BCUT2D eigenvalue weighted by Gasteiger charge is 2.22. The minimum absolute atomic E-state index is 0.0178. The molecule has 0 atom stereocenters. The number of para-hydroxylation sites is 2. The van der Waals surface area contributed by atoms with Crippen LogP contribution in [0.25, 0.3) is 21.8 Å². The van der Waals surface area contributed by atoms with Crippen molar-refractivity contribution in [3.05, 3.63) is 83.0 Å². The molecule has 0 radical (unpaired) electrons. The first kappa shape index (κ1) is 19.4. The van der Waals surface area contributed by atoms with Crippen LogP contribution in [0, 0.1) is 0 Å². The molecular formula is C24H23N5O2. The number of carbonyl (C=O) groups excluding carboxylic acids is 1. The molecule has 2 aromatic heterocycles. The van der Waals surface area contributed by atoms with Crippen LogP contribution in [-0.2, 0) is 17.9 Å². The number of nitrogens with zero attached hydrogens (tertiary/aromatic N) is 5. The summed E-state index contributed by atoms with van der Waals surface area (Å²) in [5.41, 5.74) is 2.70. The molecule has 156 valence electrons. The van der Waals surface area contributed by atoms with Crippen molar-refractivity contribution in [1.82, 2.24) is 24.3 Å². The van der Waals surface area contributed by atoms with Gasteiger partial charge in [-0.05, 0) is 23.8 Å². The normalized spacial score (nSPS) is 14.9. The first-order chi connectivity index (χ1) is 15.2. The van der Waals surface area contributed by atoms with Crippen molar-refractivity contribution in [3.8, 4) is 0 Å². The molecule has 0 spiro atoms. The largest absolute Gasteiger partial charge is 0.339 e. The molecule has 2 aromatic carbocycles. The molecule has 0 bridgehead atoms. The number of piperazine rings is 1. The molecule has 1 aliphatic heterocycles. The SMILES string of the molecule is O=C(Cn1cnc2ccccc2c1=O)N1CCN(Cc2cccc3cccnc23)CC1. The van der Waals surface area contributed by atoms with Crippen LogP contribution in [-0.4, -0.2) is 56.4 Å². The third-order valence-electron chi connectivity index (χ3n) is 5.87. The lowest BCUT2D eigenvalue weighted by Crippen LogP contribution is -2.49. The number of pyridine rings is 1. The minimum atomic E-state index is -0.180. The number of rotatable bonds is 4. The Morgan fingerprint density at radius 3 is 2.58 bits per heavy atom. The van der Waals surface area contributed by atoms with Gasteiger partial charge in [0.15, 0.2) is 0 Å². The van der Waals surface area contributed by atoms with Gasteiger partial charge in [0.1, 0.15) is 6.54 Å². The first-order valence-electron chi connectivity index (χ1n) is 10.5. The average molecular weight is 413 g/mol. The molecule has 4 aromatic rings. The van der Waals surface area contributed by atoms with Gasteiger partial charge in [-0.2, -0.15) is 0 Å². The number of hydrogen-bond donors (Lipinski definition) is 0. The molecule has 0 unspecified atom stereocenters. The fraction of sp³-hybridized carbons (Fsp3) is 0.250. The van der Waals surface area contributed by atoms with E-state index in [9.17, 15) is 9.59 Å². The van der Waals surface area contributed by atoms with Crippen LogP contribution in [0.2, 0.25) is 0 Å². The Bertz CT molecular complexity index is 1300. The van der Waals surface area contributed by atoms with Crippen molar-refractivity contribution < 1.29 is 4.79 Å². The van der Waals surface area contributed by atoms with Gasteiger partial charge in [0, 0.05) is 44.3 Å². The highest BCUT2D eigenvalue weighted by molar-refractivity contribution is 5.81. The molecule has 5 rings (SSSR count). The summed E-state index contributed by atoms with van der Waals surface area (Å²) in [7, 11) is 0. The summed E-state index contributed by atoms with van der Waals surface area (Å²) >= 11 is 0. The quantitative estimate of drug-likeness (QED) is 0.513. The van der Waals surface area contributed by atoms with Crippen LogP contribution in [0.15, 0.2) is 71.9 Å². The van der Waals surface area contributed by atoms with Gasteiger partial charge < -0.3 is 4.90 Å². The van der Waals surface area contributed by atoms with E-state index in [-0.39, 0.29) is 18.0 Å². The van der Waals surface area contributed by atoms with Crippen molar-refractivity contribution in [2.45, 2.75) is 13.1 Å². The van der Waals surface area contributed by atoms with Gasteiger partial charge >= 0.3 is 0 Å². The molecule has 1 aliphatic rings. The number of benzene rings is 2. The summed E-state index contributed by atoms with van der Waals surface area (Å²) in [6, 6.07) is 17.5. The second kappa shape index (κ2) is 8.28. The molecule has 1 saturated heterocycles. The van der Waals surface area contributed by atoms with E-state index in [1.165, 1.54) is 16.5 Å². The summed E-state index contributed by atoms with van der Waals surface area (Å²) < 4.78 is 1.40. The number of amides is 1. The highest BCUT2D eigenvalue weighted by Crippen LogP contribution is 2.18. The molecule has 1 fully saturated rings. The van der Waals surface area contributed by atoms with Gasteiger partial charge in [-0.25, -0.2) is 4.98 Å². The van der Waals surface area contributed by atoms with E-state index < -0.39 is 0 Å². The van der Waals surface area contributed by atoms with Gasteiger partial charge in [-0.1, -0.05) is 36.4 Å². The van der Waals surface area contributed by atoms with Crippen LogP contribution in [0.4, 0.5) is 0 Å². The number of carbonyl (C=O) groups is 1. The smallest absolute Gasteiger partial charge is 0.261 e. The fourth-order valence-electron chi connectivity index (χ4n) is 4.16. The van der Waals surface area contributed by atoms with E-state index in [2.05, 4.69) is 39.1 Å². The minimum Gasteiger partial charge on any atom is -0.339 e. The molecule has 7 heteroatoms. The van der Waals surface area contributed by atoms with Gasteiger partial charge in [-0.15, -0.1) is 0 Å². The maximum absolute atomic E-state index is 12.8. The topological polar surface area (TPSA) is 71.3 Å².